The van der Waals surface area contributed by atoms with E-state index in [0.29, 0.717) is 5.56 Å². The first-order chi connectivity index (χ1) is 8.29. The Morgan fingerprint density at radius 1 is 0.882 bits per heavy atom. The summed E-state index contributed by atoms with van der Waals surface area (Å²) < 4.78 is 0. The zero-order valence-corrected chi connectivity index (χ0v) is 9.05. The summed E-state index contributed by atoms with van der Waals surface area (Å²) in [4.78, 5) is 11.0. The Morgan fingerprint density at radius 2 is 1.71 bits per heavy atom. The molecule has 2 heteroatoms. The molecule has 0 fully saturated rings. The highest BCUT2D eigenvalue weighted by atomic mass is 16.3. The average Bonchev–Trinajstić information content (AvgIpc) is 2.37. The molecule has 0 atom stereocenters. The minimum Gasteiger partial charge on any atom is -0.508 e. The van der Waals surface area contributed by atoms with Gasteiger partial charge in [-0.25, -0.2) is 0 Å². The van der Waals surface area contributed by atoms with Crippen LogP contribution >= 0.6 is 0 Å². The van der Waals surface area contributed by atoms with E-state index in [1.54, 1.807) is 6.07 Å². The number of carbonyl (C=O) groups is 1. The number of hydrogen-bond acceptors (Lipinski definition) is 2. The van der Waals surface area contributed by atoms with Gasteiger partial charge in [-0.2, -0.15) is 0 Å². The first-order valence-electron chi connectivity index (χ1n) is 5.39. The summed E-state index contributed by atoms with van der Waals surface area (Å²) >= 11 is 0. The topological polar surface area (TPSA) is 37.3 Å². The molecule has 17 heavy (non-hydrogen) atoms. The van der Waals surface area contributed by atoms with Gasteiger partial charge in [0.2, 0.25) is 0 Å². The Bertz CT molecular complexity index is 729. The number of phenols is 1. The molecule has 1 N–H and O–H groups in total. The van der Waals surface area contributed by atoms with E-state index in [2.05, 4.69) is 0 Å². The van der Waals surface area contributed by atoms with Crippen molar-refractivity contribution in [3.05, 3.63) is 54.1 Å². The second-order valence-corrected chi connectivity index (χ2v) is 4.03. The highest BCUT2D eigenvalue weighted by molar-refractivity contribution is 6.12. The van der Waals surface area contributed by atoms with Crippen molar-refractivity contribution in [1.82, 2.24) is 0 Å². The van der Waals surface area contributed by atoms with Gasteiger partial charge in [-0.3, -0.25) is 4.79 Å². The van der Waals surface area contributed by atoms with Gasteiger partial charge in [0.15, 0.2) is 6.29 Å². The number of phenolic OH excluding ortho intramolecular Hbond substituents is 1. The van der Waals surface area contributed by atoms with Crippen LogP contribution in [0.3, 0.4) is 0 Å². The molecule has 0 bridgehead atoms. The van der Waals surface area contributed by atoms with Gasteiger partial charge in [-0.1, -0.05) is 36.4 Å². The average molecular weight is 222 g/mol. The molecule has 3 aromatic rings. The van der Waals surface area contributed by atoms with Crippen LogP contribution < -0.4 is 0 Å². The Labute approximate surface area is 98.1 Å². The molecule has 0 heterocycles. The standard InChI is InChI=1S/C15H10O2/c16-9-11-7-12(17)8-15-13-4-2-1-3-10(13)5-6-14(11)15/h1-9,17H. The molecule has 2 nitrogen and oxygen atoms in total. The fourth-order valence-corrected chi connectivity index (χ4v) is 2.23. The molecule has 0 aliphatic carbocycles. The molecule has 3 rings (SSSR count). The maximum Gasteiger partial charge on any atom is 0.150 e. The van der Waals surface area contributed by atoms with Crippen molar-refractivity contribution in [2.45, 2.75) is 0 Å². The van der Waals surface area contributed by atoms with Gasteiger partial charge in [0.25, 0.3) is 0 Å². The molecule has 3 aromatic carbocycles. The third-order valence-corrected chi connectivity index (χ3v) is 3.00. The van der Waals surface area contributed by atoms with Crippen molar-refractivity contribution in [3.8, 4) is 5.75 Å². The minimum absolute atomic E-state index is 0.121. The van der Waals surface area contributed by atoms with Gasteiger partial charge in [-0.15, -0.1) is 0 Å². The molecule has 0 radical (unpaired) electrons. The Hall–Kier alpha value is -2.35. The van der Waals surface area contributed by atoms with Crippen LogP contribution in [0.4, 0.5) is 0 Å². The van der Waals surface area contributed by atoms with Crippen LogP contribution in [-0.4, -0.2) is 11.4 Å². The van der Waals surface area contributed by atoms with E-state index < -0.39 is 0 Å². The molecular formula is C15H10O2. The predicted octanol–water partition coefficient (Wildman–Crippen LogP) is 3.51. The SMILES string of the molecule is O=Cc1cc(O)cc2c1ccc1ccccc12. The van der Waals surface area contributed by atoms with E-state index in [1.165, 1.54) is 6.07 Å². The molecule has 0 aromatic heterocycles. The van der Waals surface area contributed by atoms with Crippen molar-refractivity contribution < 1.29 is 9.90 Å². The number of aldehydes is 1. The lowest BCUT2D eigenvalue weighted by Crippen LogP contribution is -1.85. The van der Waals surface area contributed by atoms with E-state index in [1.807, 2.05) is 36.4 Å². The van der Waals surface area contributed by atoms with Gasteiger partial charge in [-0.05, 0) is 33.7 Å². The Balaban J connectivity index is 2.58. The molecule has 0 saturated heterocycles. The van der Waals surface area contributed by atoms with Crippen molar-refractivity contribution >= 4 is 27.8 Å². The van der Waals surface area contributed by atoms with Gasteiger partial charge < -0.3 is 5.11 Å². The first-order valence-corrected chi connectivity index (χ1v) is 5.39. The quantitative estimate of drug-likeness (QED) is 0.505. The summed E-state index contributed by atoms with van der Waals surface area (Å²) in [5, 5.41) is 13.6. The van der Waals surface area contributed by atoms with Gasteiger partial charge >= 0.3 is 0 Å². The number of fused-ring (bicyclic) bond motifs is 3. The van der Waals surface area contributed by atoms with E-state index in [4.69, 9.17) is 0 Å². The molecular weight excluding hydrogens is 212 g/mol. The van der Waals surface area contributed by atoms with Crippen LogP contribution in [0, 0.1) is 0 Å². The molecule has 0 amide bonds. The lowest BCUT2D eigenvalue weighted by molar-refractivity contribution is 0.112. The third-order valence-electron chi connectivity index (χ3n) is 3.00. The summed E-state index contributed by atoms with van der Waals surface area (Å²) in [5.41, 5.74) is 0.519. The number of benzene rings is 3. The van der Waals surface area contributed by atoms with E-state index in [-0.39, 0.29) is 5.75 Å². The molecule has 0 aliphatic heterocycles. The second kappa shape index (κ2) is 3.59. The molecule has 0 spiro atoms. The maximum atomic E-state index is 11.0. The summed E-state index contributed by atoms with van der Waals surface area (Å²) in [6.45, 7) is 0. The first kappa shape index (κ1) is 9.85. The Kier molecular flexibility index (Phi) is 2.08. The molecule has 0 saturated carbocycles. The van der Waals surface area contributed by atoms with Gasteiger partial charge in [0.05, 0.1) is 0 Å². The third kappa shape index (κ3) is 1.46. The van der Waals surface area contributed by atoms with Crippen molar-refractivity contribution in [2.24, 2.45) is 0 Å². The van der Waals surface area contributed by atoms with Crippen LogP contribution in [0.2, 0.25) is 0 Å². The van der Waals surface area contributed by atoms with Crippen LogP contribution in [0.15, 0.2) is 48.5 Å². The second-order valence-electron chi connectivity index (χ2n) is 4.03. The summed E-state index contributed by atoms with van der Waals surface area (Å²) in [7, 11) is 0. The number of hydrogen-bond donors (Lipinski definition) is 1. The van der Waals surface area contributed by atoms with E-state index in [9.17, 15) is 9.90 Å². The van der Waals surface area contributed by atoms with E-state index in [0.717, 1.165) is 27.8 Å². The largest absolute Gasteiger partial charge is 0.508 e. The predicted molar refractivity (Wildman–Crippen MR) is 68.5 cm³/mol. The Morgan fingerprint density at radius 3 is 2.53 bits per heavy atom. The summed E-state index contributed by atoms with van der Waals surface area (Å²) in [5.74, 6) is 0.121. The number of carbonyl (C=O) groups excluding carboxylic acids is 1. The summed E-state index contributed by atoms with van der Waals surface area (Å²) in [6, 6.07) is 15.0. The monoisotopic (exact) mass is 222 g/mol. The van der Waals surface area contributed by atoms with Crippen molar-refractivity contribution in [1.29, 1.82) is 0 Å². The number of rotatable bonds is 1. The van der Waals surface area contributed by atoms with Crippen molar-refractivity contribution in [3.63, 3.8) is 0 Å². The van der Waals surface area contributed by atoms with Gasteiger partial charge in [0.1, 0.15) is 5.75 Å². The number of aromatic hydroxyl groups is 1. The molecule has 82 valence electrons. The van der Waals surface area contributed by atoms with Crippen LogP contribution in [-0.2, 0) is 0 Å². The highest BCUT2D eigenvalue weighted by Crippen LogP contribution is 2.30. The highest BCUT2D eigenvalue weighted by Gasteiger charge is 2.06. The van der Waals surface area contributed by atoms with Gasteiger partial charge in [0, 0.05) is 5.56 Å². The molecule has 0 aliphatic rings. The normalized spacial score (nSPS) is 10.8. The maximum absolute atomic E-state index is 11.0. The zero-order valence-electron chi connectivity index (χ0n) is 9.05. The lowest BCUT2D eigenvalue weighted by Gasteiger charge is -2.06. The van der Waals surface area contributed by atoms with E-state index >= 15 is 0 Å². The fourth-order valence-electron chi connectivity index (χ4n) is 2.23. The summed E-state index contributed by atoms with van der Waals surface area (Å²) in [6.07, 6.45) is 0.775. The zero-order chi connectivity index (χ0) is 11.8. The van der Waals surface area contributed by atoms with Crippen LogP contribution in [0.5, 0.6) is 5.75 Å². The fraction of sp³-hybridized carbons (Fsp3) is 0. The smallest absolute Gasteiger partial charge is 0.150 e. The van der Waals surface area contributed by atoms with Crippen LogP contribution in [0.25, 0.3) is 21.5 Å². The minimum atomic E-state index is 0.121. The van der Waals surface area contributed by atoms with Crippen LogP contribution in [0.1, 0.15) is 10.4 Å². The van der Waals surface area contributed by atoms with Crippen molar-refractivity contribution in [2.75, 3.05) is 0 Å². The lowest BCUT2D eigenvalue weighted by atomic mass is 9.98. The molecule has 0 unspecified atom stereocenters.